The SMILES string of the molecule is CCOC(=O)CNC(=S)O[C@H]1CN[C@@H](C(c2ccc(C(C)(C)C)cc2)c2ccc(C(C)(C)C)cc2)C1. The molecule has 0 radical (unpaired) electrons. The van der Waals surface area contributed by atoms with Gasteiger partial charge >= 0.3 is 5.97 Å². The van der Waals surface area contributed by atoms with Crippen LogP contribution >= 0.6 is 12.2 Å². The van der Waals surface area contributed by atoms with Gasteiger partial charge in [-0.3, -0.25) is 4.79 Å². The van der Waals surface area contributed by atoms with Gasteiger partial charge in [0.25, 0.3) is 5.17 Å². The predicted molar refractivity (Wildman–Crippen MR) is 151 cm³/mol. The lowest BCUT2D eigenvalue weighted by atomic mass is 9.80. The summed E-state index contributed by atoms with van der Waals surface area (Å²) in [5.74, 6) is -0.161. The summed E-state index contributed by atoms with van der Waals surface area (Å²) < 4.78 is 10.9. The van der Waals surface area contributed by atoms with Gasteiger partial charge in [0.2, 0.25) is 0 Å². The summed E-state index contributed by atoms with van der Waals surface area (Å²) >= 11 is 5.31. The monoisotopic (exact) mass is 510 g/mol. The zero-order valence-electron chi connectivity index (χ0n) is 22.8. The van der Waals surface area contributed by atoms with E-state index in [4.69, 9.17) is 21.7 Å². The molecule has 0 unspecified atom stereocenters. The minimum atomic E-state index is -0.344. The van der Waals surface area contributed by atoms with Crippen molar-refractivity contribution in [2.24, 2.45) is 0 Å². The van der Waals surface area contributed by atoms with Gasteiger partial charge in [-0.25, -0.2) is 0 Å². The molecule has 0 bridgehead atoms. The van der Waals surface area contributed by atoms with E-state index < -0.39 is 0 Å². The number of esters is 1. The van der Waals surface area contributed by atoms with Crippen molar-refractivity contribution < 1.29 is 14.3 Å². The number of nitrogens with one attached hydrogen (secondary N) is 2. The smallest absolute Gasteiger partial charge is 0.325 e. The summed E-state index contributed by atoms with van der Waals surface area (Å²) in [6.45, 7) is 16.3. The number of benzene rings is 2. The van der Waals surface area contributed by atoms with Crippen LogP contribution in [0.25, 0.3) is 0 Å². The number of rotatable bonds is 7. The number of carbonyl (C=O) groups excluding carboxylic acids is 1. The molecule has 0 spiro atoms. The lowest BCUT2D eigenvalue weighted by Crippen LogP contribution is -2.34. The van der Waals surface area contributed by atoms with Crippen LogP contribution in [-0.4, -0.2) is 43.0 Å². The van der Waals surface area contributed by atoms with Crippen molar-refractivity contribution in [3.05, 3.63) is 70.8 Å². The van der Waals surface area contributed by atoms with Crippen LogP contribution in [0.15, 0.2) is 48.5 Å². The van der Waals surface area contributed by atoms with Crippen LogP contribution in [0.5, 0.6) is 0 Å². The molecule has 0 amide bonds. The molecule has 2 aromatic rings. The predicted octanol–water partition coefficient (Wildman–Crippen LogP) is 5.60. The maximum Gasteiger partial charge on any atom is 0.325 e. The van der Waals surface area contributed by atoms with Crippen molar-refractivity contribution in [3.63, 3.8) is 0 Å². The molecule has 0 aromatic heterocycles. The Morgan fingerprint density at radius 1 is 0.972 bits per heavy atom. The highest BCUT2D eigenvalue weighted by atomic mass is 32.1. The first-order chi connectivity index (χ1) is 16.9. The molecule has 1 aliphatic rings. The molecule has 36 heavy (non-hydrogen) atoms. The second kappa shape index (κ2) is 11.7. The van der Waals surface area contributed by atoms with Gasteiger partial charge in [0.05, 0.1) is 6.61 Å². The van der Waals surface area contributed by atoms with E-state index in [-0.39, 0.29) is 46.6 Å². The zero-order valence-corrected chi connectivity index (χ0v) is 23.6. The Morgan fingerprint density at radius 3 is 1.92 bits per heavy atom. The van der Waals surface area contributed by atoms with Gasteiger partial charge < -0.3 is 20.1 Å². The maximum absolute atomic E-state index is 11.6. The van der Waals surface area contributed by atoms with Gasteiger partial charge in [0.15, 0.2) is 0 Å². The number of carbonyl (C=O) groups is 1. The van der Waals surface area contributed by atoms with Gasteiger partial charge in [-0.1, -0.05) is 90.1 Å². The highest BCUT2D eigenvalue weighted by Crippen LogP contribution is 2.35. The summed E-state index contributed by atoms with van der Waals surface area (Å²) in [4.78, 5) is 11.6. The molecule has 2 atom stereocenters. The van der Waals surface area contributed by atoms with Crippen LogP contribution in [-0.2, 0) is 25.1 Å². The molecule has 0 saturated carbocycles. The Hall–Kier alpha value is -2.44. The standard InChI is InChI=1S/C30H42N2O3S/c1-8-34-26(33)19-32-28(36)35-24-17-25(31-18-24)27(20-9-13-22(14-10-20)29(2,3)4)21-11-15-23(16-12-21)30(5,6)7/h9-16,24-25,27,31H,8,17-19H2,1-7H3,(H,32,36)/t24-,25-/m1/s1. The van der Waals surface area contributed by atoms with Crippen LogP contribution in [0, 0.1) is 0 Å². The third-order valence-electron chi connectivity index (χ3n) is 6.75. The van der Waals surface area contributed by atoms with E-state index in [1.807, 2.05) is 0 Å². The third-order valence-corrected chi connectivity index (χ3v) is 7.00. The van der Waals surface area contributed by atoms with Gasteiger partial charge in [-0.05, 0) is 52.2 Å². The molecule has 0 aliphatic carbocycles. The minimum Gasteiger partial charge on any atom is -0.466 e. The largest absolute Gasteiger partial charge is 0.466 e. The number of hydrogen-bond acceptors (Lipinski definition) is 5. The van der Waals surface area contributed by atoms with E-state index in [2.05, 4.69) is 101 Å². The van der Waals surface area contributed by atoms with Crippen LogP contribution in [0.2, 0.25) is 0 Å². The van der Waals surface area contributed by atoms with Gasteiger partial charge in [0, 0.05) is 24.9 Å². The second-order valence-electron chi connectivity index (χ2n) is 11.7. The maximum atomic E-state index is 11.6. The molecule has 6 heteroatoms. The lowest BCUT2D eigenvalue weighted by molar-refractivity contribution is -0.141. The average Bonchev–Trinajstić information content (AvgIpc) is 3.25. The van der Waals surface area contributed by atoms with Crippen molar-refractivity contribution >= 4 is 23.4 Å². The molecule has 2 N–H and O–H groups in total. The molecular weight excluding hydrogens is 468 g/mol. The Kier molecular flexibility index (Phi) is 9.18. The number of thiocarbonyl (C=S) groups is 1. The van der Waals surface area contributed by atoms with E-state index >= 15 is 0 Å². The molecule has 2 aromatic carbocycles. The summed E-state index contributed by atoms with van der Waals surface area (Å²) in [5, 5.41) is 6.76. The number of ether oxygens (including phenoxy) is 2. The molecule has 1 aliphatic heterocycles. The van der Waals surface area contributed by atoms with Crippen LogP contribution < -0.4 is 10.6 Å². The van der Waals surface area contributed by atoms with Crippen LogP contribution in [0.4, 0.5) is 0 Å². The molecule has 5 nitrogen and oxygen atoms in total. The molecule has 3 rings (SSSR count). The zero-order chi connectivity index (χ0) is 26.5. The highest BCUT2D eigenvalue weighted by molar-refractivity contribution is 7.80. The fraction of sp³-hybridized carbons (Fsp3) is 0.533. The van der Waals surface area contributed by atoms with E-state index in [9.17, 15) is 4.79 Å². The summed E-state index contributed by atoms with van der Waals surface area (Å²) in [7, 11) is 0. The van der Waals surface area contributed by atoms with Crippen LogP contribution in [0.3, 0.4) is 0 Å². The molecule has 1 fully saturated rings. The Balaban J connectivity index is 1.78. The topological polar surface area (TPSA) is 59.6 Å². The molecule has 1 saturated heterocycles. The molecule has 196 valence electrons. The summed E-state index contributed by atoms with van der Waals surface area (Å²) in [6.07, 6.45) is 0.746. The average molecular weight is 511 g/mol. The first-order valence-electron chi connectivity index (χ1n) is 12.9. The van der Waals surface area contributed by atoms with E-state index in [1.54, 1.807) is 6.92 Å². The van der Waals surface area contributed by atoms with E-state index in [0.717, 1.165) is 6.42 Å². The summed E-state index contributed by atoms with van der Waals surface area (Å²) in [5.41, 5.74) is 5.44. The van der Waals surface area contributed by atoms with Crippen molar-refractivity contribution in [3.8, 4) is 0 Å². The molecule has 1 heterocycles. The normalized spacial score (nSPS) is 18.2. The van der Waals surface area contributed by atoms with E-state index in [0.29, 0.717) is 13.2 Å². The van der Waals surface area contributed by atoms with Crippen molar-refractivity contribution in [1.82, 2.24) is 10.6 Å². The second-order valence-corrected chi connectivity index (χ2v) is 12.0. The lowest BCUT2D eigenvalue weighted by Gasteiger charge is -2.27. The fourth-order valence-electron chi connectivity index (χ4n) is 4.66. The van der Waals surface area contributed by atoms with Gasteiger partial charge in [0.1, 0.15) is 12.6 Å². The van der Waals surface area contributed by atoms with Crippen LogP contribution in [0.1, 0.15) is 83.1 Å². The first kappa shape index (κ1) is 28.1. The van der Waals surface area contributed by atoms with Crippen molar-refractivity contribution in [2.75, 3.05) is 19.7 Å². The minimum absolute atomic E-state index is 0.0130. The van der Waals surface area contributed by atoms with Crippen molar-refractivity contribution in [2.45, 2.75) is 83.8 Å². The van der Waals surface area contributed by atoms with Gasteiger partial charge in [-0.15, -0.1) is 0 Å². The Morgan fingerprint density at radius 2 is 1.47 bits per heavy atom. The fourth-order valence-corrected chi connectivity index (χ4v) is 4.87. The molecular formula is C30H42N2O3S. The third kappa shape index (κ3) is 7.53. The highest BCUT2D eigenvalue weighted by Gasteiger charge is 2.34. The van der Waals surface area contributed by atoms with Crippen molar-refractivity contribution in [1.29, 1.82) is 0 Å². The summed E-state index contributed by atoms with van der Waals surface area (Å²) in [6, 6.07) is 18.3. The first-order valence-corrected chi connectivity index (χ1v) is 13.3. The Bertz CT molecular complexity index is 963. The number of hydrogen-bond donors (Lipinski definition) is 2. The van der Waals surface area contributed by atoms with Gasteiger partial charge in [-0.2, -0.15) is 0 Å². The Labute approximate surface area is 222 Å². The quantitative estimate of drug-likeness (QED) is 0.374. The van der Waals surface area contributed by atoms with E-state index in [1.165, 1.54) is 22.3 Å².